The summed E-state index contributed by atoms with van der Waals surface area (Å²) < 4.78 is 0. The molecule has 1 saturated heterocycles. The molecule has 3 rings (SSSR count). The number of anilines is 1. The summed E-state index contributed by atoms with van der Waals surface area (Å²) in [4.78, 5) is 21.9. The monoisotopic (exact) mass is 329 g/mol. The number of aliphatic carboxylic acids is 1. The highest BCUT2D eigenvalue weighted by atomic mass is 16.4. The lowest BCUT2D eigenvalue weighted by Gasteiger charge is -2.36. The Morgan fingerprint density at radius 1 is 1.21 bits per heavy atom. The van der Waals surface area contributed by atoms with Crippen molar-refractivity contribution in [3.05, 3.63) is 36.0 Å². The number of hydrogen-bond donors (Lipinski definition) is 3. The SMILES string of the molecule is Cc1cc(N2CCC(O)(C(=O)O)CC2)nc(-c2ccccc2O)n1. The zero-order chi connectivity index (χ0) is 17.3. The molecule has 7 nitrogen and oxygen atoms in total. The van der Waals surface area contributed by atoms with Crippen LogP contribution in [0.4, 0.5) is 5.82 Å². The van der Waals surface area contributed by atoms with Crippen LogP contribution in [0, 0.1) is 6.92 Å². The Morgan fingerprint density at radius 2 is 1.88 bits per heavy atom. The first-order chi connectivity index (χ1) is 11.4. The summed E-state index contributed by atoms with van der Waals surface area (Å²) in [5.41, 5.74) is -0.377. The van der Waals surface area contributed by atoms with Gasteiger partial charge < -0.3 is 20.2 Å². The molecule has 7 heteroatoms. The van der Waals surface area contributed by atoms with Crippen molar-refractivity contribution >= 4 is 11.8 Å². The summed E-state index contributed by atoms with van der Waals surface area (Å²) in [5.74, 6) is -0.000719. The molecule has 2 aromatic rings. The van der Waals surface area contributed by atoms with Gasteiger partial charge >= 0.3 is 5.97 Å². The summed E-state index contributed by atoms with van der Waals surface area (Å²) in [6.07, 6.45) is 0.272. The maximum atomic E-state index is 11.1. The summed E-state index contributed by atoms with van der Waals surface area (Å²) in [7, 11) is 0. The number of phenols is 1. The van der Waals surface area contributed by atoms with Gasteiger partial charge in [-0.25, -0.2) is 14.8 Å². The Bertz CT molecular complexity index is 770. The average molecular weight is 329 g/mol. The third kappa shape index (κ3) is 3.03. The number of aryl methyl sites for hydroxylation is 1. The number of nitrogens with zero attached hydrogens (tertiary/aromatic N) is 3. The van der Waals surface area contributed by atoms with Crippen molar-refractivity contribution in [3.63, 3.8) is 0 Å². The molecule has 1 fully saturated rings. The van der Waals surface area contributed by atoms with E-state index in [9.17, 15) is 15.0 Å². The van der Waals surface area contributed by atoms with E-state index in [0.29, 0.717) is 30.3 Å². The minimum atomic E-state index is -1.67. The standard InChI is InChI=1S/C17H19N3O4/c1-11-10-14(20-8-6-17(24,7-9-20)16(22)23)19-15(18-11)12-4-2-3-5-13(12)21/h2-5,10,21,24H,6-9H2,1H3,(H,22,23). The van der Waals surface area contributed by atoms with E-state index >= 15 is 0 Å². The molecule has 0 atom stereocenters. The topological polar surface area (TPSA) is 107 Å². The Hall–Kier alpha value is -2.67. The minimum Gasteiger partial charge on any atom is -0.507 e. The molecule has 0 amide bonds. The number of aromatic nitrogens is 2. The number of carboxylic acids is 1. The zero-order valence-corrected chi connectivity index (χ0v) is 13.3. The van der Waals surface area contributed by atoms with Crippen molar-refractivity contribution in [3.8, 4) is 17.1 Å². The zero-order valence-electron chi connectivity index (χ0n) is 13.3. The number of aliphatic hydroxyl groups is 1. The third-order valence-electron chi connectivity index (χ3n) is 4.30. The van der Waals surface area contributed by atoms with E-state index in [4.69, 9.17) is 5.11 Å². The lowest BCUT2D eigenvalue weighted by atomic mass is 9.91. The van der Waals surface area contributed by atoms with E-state index in [1.54, 1.807) is 24.3 Å². The molecule has 126 valence electrons. The van der Waals surface area contributed by atoms with Crippen LogP contribution in [0.1, 0.15) is 18.5 Å². The Balaban J connectivity index is 1.88. The maximum absolute atomic E-state index is 11.1. The van der Waals surface area contributed by atoms with E-state index < -0.39 is 11.6 Å². The van der Waals surface area contributed by atoms with E-state index in [1.165, 1.54) is 0 Å². The van der Waals surface area contributed by atoms with Gasteiger partial charge in [0, 0.05) is 37.7 Å². The molecule has 0 bridgehead atoms. The summed E-state index contributed by atoms with van der Waals surface area (Å²) >= 11 is 0. The third-order valence-corrected chi connectivity index (χ3v) is 4.30. The molecule has 0 radical (unpaired) electrons. The second-order valence-corrected chi connectivity index (χ2v) is 6.03. The maximum Gasteiger partial charge on any atom is 0.335 e. The second kappa shape index (κ2) is 6.09. The lowest BCUT2D eigenvalue weighted by Crippen LogP contribution is -2.49. The number of rotatable bonds is 3. The lowest BCUT2D eigenvalue weighted by molar-refractivity contribution is -0.160. The van der Waals surface area contributed by atoms with Gasteiger partial charge in [0.15, 0.2) is 11.4 Å². The number of phenolic OH excluding ortho intramolecular Hbond substituents is 1. The fourth-order valence-electron chi connectivity index (χ4n) is 2.82. The quantitative estimate of drug-likeness (QED) is 0.784. The predicted molar refractivity (Wildman–Crippen MR) is 87.9 cm³/mol. The highest BCUT2D eigenvalue weighted by Gasteiger charge is 2.39. The summed E-state index contributed by atoms with van der Waals surface area (Å²) in [6, 6.07) is 8.66. The van der Waals surface area contributed by atoms with Crippen LogP contribution in [0.25, 0.3) is 11.4 Å². The van der Waals surface area contributed by atoms with E-state index in [0.717, 1.165) is 5.69 Å². The second-order valence-electron chi connectivity index (χ2n) is 6.03. The first-order valence-corrected chi connectivity index (χ1v) is 7.74. The van der Waals surface area contributed by atoms with Crippen LogP contribution >= 0.6 is 0 Å². The van der Waals surface area contributed by atoms with Crippen molar-refractivity contribution in [1.29, 1.82) is 0 Å². The molecule has 2 heterocycles. The number of carbonyl (C=O) groups is 1. The fourth-order valence-corrected chi connectivity index (χ4v) is 2.82. The van der Waals surface area contributed by atoms with Crippen LogP contribution in [0.3, 0.4) is 0 Å². The van der Waals surface area contributed by atoms with E-state index in [1.807, 2.05) is 17.9 Å². The van der Waals surface area contributed by atoms with Gasteiger partial charge in [0.2, 0.25) is 0 Å². The van der Waals surface area contributed by atoms with Crippen LogP contribution in [0.5, 0.6) is 5.75 Å². The van der Waals surface area contributed by atoms with E-state index in [-0.39, 0.29) is 18.6 Å². The molecular weight excluding hydrogens is 310 g/mol. The predicted octanol–water partition coefficient (Wildman–Crippen LogP) is 1.57. The van der Waals surface area contributed by atoms with Crippen molar-refractivity contribution in [2.24, 2.45) is 0 Å². The van der Waals surface area contributed by atoms with Crippen LogP contribution in [0.2, 0.25) is 0 Å². The van der Waals surface area contributed by atoms with Crippen molar-refractivity contribution in [1.82, 2.24) is 9.97 Å². The Labute approximate surface area is 139 Å². The van der Waals surface area contributed by atoms with Crippen LogP contribution in [-0.2, 0) is 4.79 Å². The molecule has 0 aliphatic carbocycles. The first kappa shape index (κ1) is 16.2. The normalized spacial score (nSPS) is 16.8. The molecule has 0 spiro atoms. The van der Waals surface area contributed by atoms with Gasteiger partial charge in [-0.2, -0.15) is 0 Å². The molecule has 24 heavy (non-hydrogen) atoms. The minimum absolute atomic E-state index is 0.105. The highest BCUT2D eigenvalue weighted by Crippen LogP contribution is 2.30. The average Bonchev–Trinajstić information content (AvgIpc) is 2.55. The smallest absolute Gasteiger partial charge is 0.335 e. The number of para-hydroxylation sites is 1. The van der Waals surface area contributed by atoms with Gasteiger partial charge in [0.1, 0.15) is 11.6 Å². The van der Waals surface area contributed by atoms with Gasteiger partial charge in [-0.3, -0.25) is 0 Å². The fraction of sp³-hybridized carbons (Fsp3) is 0.353. The number of piperidine rings is 1. The molecular formula is C17H19N3O4. The van der Waals surface area contributed by atoms with Gasteiger partial charge in [-0.1, -0.05) is 12.1 Å². The Kier molecular flexibility index (Phi) is 4.11. The summed E-state index contributed by atoms with van der Waals surface area (Å²) in [6.45, 7) is 2.62. The molecule has 3 N–H and O–H groups in total. The molecule has 0 saturated carbocycles. The summed E-state index contributed by atoms with van der Waals surface area (Å²) in [5, 5.41) is 29.1. The van der Waals surface area contributed by atoms with Crippen LogP contribution in [0.15, 0.2) is 30.3 Å². The first-order valence-electron chi connectivity index (χ1n) is 7.74. The van der Waals surface area contributed by atoms with Gasteiger partial charge in [-0.05, 0) is 19.1 Å². The number of aromatic hydroxyl groups is 1. The van der Waals surface area contributed by atoms with Crippen molar-refractivity contribution in [2.75, 3.05) is 18.0 Å². The van der Waals surface area contributed by atoms with Gasteiger partial charge in [-0.15, -0.1) is 0 Å². The van der Waals surface area contributed by atoms with E-state index in [2.05, 4.69) is 9.97 Å². The molecule has 1 aliphatic rings. The molecule has 1 aromatic heterocycles. The number of carboxylic acid groups (broad SMARTS) is 1. The van der Waals surface area contributed by atoms with Gasteiger partial charge in [0.05, 0.1) is 5.56 Å². The van der Waals surface area contributed by atoms with Crippen molar-refractivity contribution < 1.29 is 20.1 Å². The molecule has 1 aromatic carbocycles. The number of benzene rings is 1. The number of hydrogen-bond acceptors (Lipinski definition) is 6. The molecule has 1 aliphatic heterocycles. The van der Waals surface area contributed by atoms with Crippen molar-refractivity contribution in [2.45, 2.75) is 25.4 Å². The van der Waals surface area contributed by atoms with Crippen LogP contribution in [-0.4, -0.2) is 49.9 Å². The highest BCUT2D eigenvalue weighted by molar-refractivity contribution is 5.77. The Morgan fingerprint density at radius 3 is 2.50 bits per heavy atom. The van der Waals surface area contributed by atoms with Crippen LogP contribution < -0.4 is 4.90 Å². The largest absolute Gasteiger partial charge is 0.507 e. The molecule has 0 unspecified atom stereocenters. The van der Waals surface area contributed by atoms with Gasteiger partial charge in [0.25, 0.3) is 0 Å².